The molecule has 6 nitrogen and oxygen atoms in total. The Morgan fingerprint density at radius 3 is 2.78 bits per heavy atom. The molecule has 0 atom stereocenters. The van der Waals surface area contributed by atoms with E-state index in [-0.39, 0.29) is 12.2 Å². The number of ether oxygens (including phenoxy) is 1. The minimum absolute atomic E-state index is 0.161. The Hall–Kier alpha value is -2.37. The van der Waals surface area contributed by atoms with Gasteiger partial charge in [0.25, 0.3) is 5.89 Å². The maximum atomic E-state index is 10.8. The van der Waals surface area contributed by atoms with E-state index in [1.807, 2.05) is 0 Å². The first kappa shape index (κ1) is 12.1. The van der Waals surface area contributed by atoms with E-state index < -0.39 is 5.97 Å². The van der Waals surface area contributed by atoms with Crippen LogP contribution in [0.25, 0.3) is 0 Å². The van der Waals surface area contributed by atoms with Crippen molar-refractivity contribution in [3.8, 4) is 5.75 Å². The van der Waals surface area contributed by atoms with Crippen molar-refractivity contribution in [2.75, 3.05) is 0 Å². The number of hydrogen-bond donors (Lipinski definition) is 1. The molecule has 1 N–H and O–H groups in total. The molecule has 94 valence electrons. The second-order valence-corrected chi connectivity index (χ2v) is 3.81. The van der Waals surface area contributed by atoms with Crippen LogP contribution in [-0.2, 0) is 6.61 Å². The summed E-state index contributed by atoms with van der Waals surface area (Å²) in [6.07, 6.45) is 0. The van der Waals surface area contributed by atoms with Crippen molar-refractivity contribution < 1.29 is 19.2 Å². The Labute approximate surface area is 103 Å². The molecule has 1 aromatic heterocycles. The predicted octanol–water partition coefficient (Wildman–Crippen LogP) is 1.96. The smallest absolute Gasteiger partial charge is 0.335 e. The number of aromatic nitrogens is 2. The molecule has 0 aliphatic rings. The Morgan fingerprint density at radius 2 is 2.22 bits per heavy atom. The quantitative estimate of drug-likeness (QED) is 0.890. The highest BCUT2D eigenvalue weighted by atomic mass is 16.5. The summed E-state index contributed by atoms with van der Waals surface area (Å²) in [6.45, 7) is 3.66. The first-order valence-electron chi connectivity index (χ1n) is 5.32. The fourth-order valence-electron chi connectivity index (χ4n) is 1.48. The zero-order valence-corrected chi connectivity index (χ0v) is 10.0. The van der Waals surface area contributed by atoms with Crippen LogP contribution in [0.2, 0.25) is 0 Å². The Morgan fingerprint density at radius 1 is 1.44 bits per heavy atom. The molecule has 2 aromatic rings. The highest BCUT2D eigenvalue weighted by Crippen LogP contribution is 2.20. The number of carboxylic acids is 1. The summed E-state index contributed by atoms with van der Waals surface area (Å²) in [5.41, 5.74) is 0.972. The Balaban J connectivity index is 2.08. The van der Waals surface area contributed by atoms with Crippen LogP contribution >= 0.6 is 0 Å². The van der Waals surface area contributed by atoms with E-state index in [2.05, 4.69) is 10.1 Å². The molecule has 0 amide bonds. The third-order valence-electron chi connectivity index (χ3n) is 2.34. The van der Waals surface area contributed by atoms with Crippen molar-refractivity contribution in [1.29, 1.82) is 0 Å². The molecule has 1 aromatic carbocycles. The number of benzene rings is 1. The van der Waals surface area contributed by atoms with Crippen LogP contribution in [0, 0.1) is 13.8 Å². The van der Waals surface area contributed by atoms with Crippen LogP contribution in [0.1, 0.15) is 27.6 Å². The summed E-state index contributed by atoms with van der Waals surface area (Å²) >= 11 is 0. The molecule has 18 heavy (non-hydrogen) atoms. The van der Waals surface area contributed by atoms with Gasteiger partial charge >= 0.3 is 5.97 Å². The minimum Gasteiger partial charge on any atom is -0.483 e. The third-order valence-corrected chi connectivity index (χ3v) is 2.34. The van der Waals surface area contributed by atoms with E-state index in [0.717, 1.165) is 5.56 Å². The highest BCUT2D eigenvalue weighted by molar-refractivity contribution is 5.88. The average molecular weight is 248 g/mol. The molecule has 0 saturated heterocycles. The van der Waals surface area contributed by atoms with Gasteiger partial charge in [-0.3, -0.25) is 0 Å². The maximum Gasteiger partial charge on any atom is 0.335 e. The van der Waals surface area contributed by atoms with E-state index in [9.17, 15) is 4.79 Å². The van der Waals surface area contributed by atoms with Gasteiger partial charge in [0.15, 0.2) is 12.4 Å². The summed E-state index contributed by atoms with van der Waals surface area (Å²) in [4.78, 5) is 14.8. The monoisotopic (exact) mass is 248 g/mol. The molecule has 0 saturated carbocycles. The summed E-state index contributed by atoms with van der Waals surface area (Å²) < 4.78 is 10.4. The van der Waals surface area contributed by atoms with Gasteiger partial charge in [-0.05, 0) is 37.6 Å². The first-order chi connectivity index (χ1) is 8.56. The lowest BCUT2D eigenvalue weighted by atomic mass is 10.1. The lowest BCUT2D eigenvalue weighted by molar-refractivity contribution is 0.0696. The van der Waals surface area contributed by atoms with E-state index >= 15 is 0 Å². The molecule has 1 heterocycles. The van der Waals surface area contributed by atoms with Crippen LogP contribution in [0.15, 0.2) is 22.7 Å². The van der Waals surface area contributed by atoms with Crippen LogP contribution in [0.3, 0.4) is 0 Å². The molecular formula is C12H12N2O4. The van der Waals surface area contributed by atoms with E-state index in [1.165, 1.54) is 6.07 Å². The van der Waals surface area contributed by atoms with Gasteiger partial charge in [-0.15, -0.1) is 0 Å². The molecule has 0 unspecified atom stereocenters. The number of rotatable bonds is 4. The molecular weight excluding hydrogens is 236 g/mol. The number of carboxylic acid groups (broad SMARTS) is 1. The fraction of sp³-hybridized carbons (Fsp3) is 0.250. The number of carbonyl (C=O) groups is 1. The normalized spacial score (nSPS) is 10.3. The van der Waals surface area contributed by atoms with Crippen molar-refractivity contribution >= 4 is 5.97 Å². The number of aromatic carboxylic acids is 1. The zero-order valence-electron chi connectivity index (χ0n) is 10.0. The van der Waals surface area contributed by atoms with Gasteiger partial charge in [-0.2, -0.15) is 4.98 Å². The predicted molar refractivity (Wildman–Crippen MR) is 61.5 cm³/mol. The molecule has 2 rings (SSSR count). The van der Waals surface area contributed by atoms with Crippen molar-refractivity contribution in [1.82, 2.24) is 10.1 Å². The molecule has 6 heteroatoms. The molecule has 0 spiro atoms. The maximum absolute atomic E-state index is 10.8. The van der Waals surface area contributed by atoms with Crippen LogP contribution in [0.5, 0.6) is 5.75 Å². The molecule has 0 fully saturated rings. The summed E-state index contributed by atoms with van der Waals surface area (Å²) in [5, 5.41) is 12.5. The zero-order chi connectivity index (χ0) is 13.1. The largest absolute Gasteiger partial charge is 0.483 e. The van der Waals surface area contributed by atoms with Gasteiger partial charge in [0.05, 0.1) is 5.56 Å². The SMILES string of the molecule is Cc1noc(COc2ccc(C(=O)O)cc2C)n1. The second-order valence-electron chi connectivity index (χ2n) is 3.81. The number of aryl methyl sites for hydroxylation is 2. The van der Waals surface area contributed by atoms with Gasteiger partial charge in [-0.1, -0.05) is 5.16 Å². The Kier molecular flexibility index (Phi) is 3.27. The van der Waals surface area contributed by atoms with Gasteiger partial charge in [0, 0.05) is 0 Å². The minimum atomic E-state index is -0.961. The van der Waals surface area contributed by atoms with Crippen molar-refractivity contribution in [3.63, 3.8) is 0 Å². The summed E-state index contributed by atoms with van der Waals surface area (Å²) in [6, 6.07) is 4.66. The van der Waals surface area contributed by atoms with Gasteiger partial charge in [-0.25, -0.2) is 4.79 Å². The Bertz CT molecular complexity index is 577. The van der Waals surface area contributed by atoms with Gasteiger partial charge in [0.2, 0.25) is 0 Å². The van der Waals surface area contributed by atoms with Gasteiger partial charge < -0.3 is 14.4 Å². The lowest BCUT2D eigenvalue weighted by Gasteiger charge is -2.07. The molecule has 0 aliphatic heterocycles. The topological polar surface area (TPSA) is 85.5 Å². The van der Waals surface area contributed by atoms with Gasteiger partial charge in [0.1, 0.15) is 5.75 Å². The summed E-state index contributed by atoms with van der Waals surface area (Å²) in [7, 11) is 0. The van der Waals surface area contributed by atoms with E-state index in [4.69, 9.17) is 14.4 Å². The fourth-order valence-corrected chi connectivity index (χ4v) is 1.48. The van der Waals surface area contributed by atoms with Crippen LogP contribution < -0.4 is 4.74 Å². The van der Waals surface area contributed by atoms with Crippen molar-refractivity contribution in [2.24, 2.45) is 0 Å². The molecule has 0 bridgehead atoms. The lowest BCUT2D eigenvalue weighted by Crippen LogP contribution is -2.00. The highest BCUT2D eigenvalue weighted by Gasteiger charge is 2.08. The molecule has 0 radical (unpaired) electrons. The standard InChI is InChI=1S/C12H12N2O4/c1-7-5-9(12(15)16)3-4-10(7)17-6-11-13-8(2)14-18-11/h3-5H,6H2,1-2H3,(H,15,16). The number of hydrogen-bond acceptors (Lipinski definition) is 5. The third kappa shape index (κ3) is 2.65. The number of nitrogens with zero attached hydrogens (tertiary/aromatic N) is 2. The van der Waals surface area contributed by atoms with Crippen LogP contribution in [-0.4, -0.2) is 21.2 Å². The van der Waals surface area contributed by atoms with Crippen molar-refractivity contribution in [2.45, 2.75) is 20.5 Å². The first-order valence-corrected chi connectivity index (χ1v) is 5.32. The second kappa shape index (κ2) is 4.87. The average Bonchev–Trinajstić information content (AvgIpc) is 2.73. The van der Waals surface area contributed by atoms with E-state index in [1.54, 1.807) is 26.0 Å². The van der Waals surface area contributed by atoms with Crippen LogP contribution in [0.4, 0.5) is 0 Å². The van der Waals surface area contributed by atoms with E-state index in [0.29, 0.717) is 17.5 Å². The summed E-state index contributed by atoms with van der Waals surface area (Å²) in [5.74, 6) is 0.564. The molecule has 0 aliphatic carbocycles. The van der Waals surface area contributed by atoms with Crippen molar-refractivity contribution in [3.05, 3.63) is 41.0 Å².